The Hall–Kier alpha value is -1.44. The predicted octanol–water partition coefficient (Wildman–Crippen LogP) is -14.8. The highest BCUT2D eigenvalue weighted by Gasteiger charge is 2.60. The molecular formula is C45H76O36. The van der Waals surface area contributed by atoms with E-state index in [0.29, 0.717) is 0 Å². The maximum Gasteiger partial charge on any atom is 0.187 e. The van der Waals surface area contributed by atoms with Crippen LogP contribution in [0.2, 0.25) is 0 Å². The molecule has 0 aromatic heterocycles. The van der Waals surface area contributed by atoms with Crippen molar-refractivity contribution in [2.45, 2.75) is 228 Å². The van der Waals surface area contributed by atoms with Crippen molar-refractivity contribution in [3.8, 4) is 0 Å². The zero-order valence-corrected chi connectivity index (χ0v) is 43.0. The monoisotopic (exact) mass is 1190 g/mol. The van der Waals surface area contributed by atoms with Gasteiger partial charge in [-0.2, -0.15) is 0 Å². The maximum absolute atomic E-state index is 11.9. The molecule has 0 saturated carbocycles. The zero-order chi connectivity index (χ0) is 59.0. The molecule has 21 aliphatic heterocycles. The summed E-state index contributed by atoms with van der Waals surface area (Å²) < 4.78 is 86.4. The quantitative estimate of drug-likeness (QED) is 0.0966. The summed E-state index contributed by atoms with van der Waals surface area (Å²) in [6.07, 6.45) is -70.9. The van der Waals surface area contributed by atoms with Gasteiger partial charge in [0.05, 0.1) is 59.0 Å². The van der Waals surface area contributed by atoms with Crippen LogP contribution in [0.3, 0.4) is 0 Å². The van der Waals surface area contributed by atoms with Gasteiger partial charge in [-0.25, -0.2) is 0 Å². The smallest absolute Gasteiger partial charge is 0.187 e. The van der Waals surface area contributed by atoms with Gasteiger partial charge in [-0.1, -0.05) is 0 Å². The molecule has 21 heterocycles. The van der Waals surface area contributed by atoms with Crippen molar-refractivity contribution in [3.63, 3.8) is 0 Å². The zero-order valence-electron chi connectivity index (χ0n) is 43.0. The molecule has 21 fully saturated rings. The molecule has 36 atom stereocenters. The van der Waals surface area contributed by atoms with E-state index in [9.17, 15) is 107 Å². The van der Waals surface area contributed by atoms with E-state index >= 15 is 0 Å². The van der Waals surface area contributed by atoms with Gasteiger partial charge < -0.3 is 178 Å². The van der Waals surface area contributed by atoms with E-state index in [1.807, 2.05) is 0 Å². The fourth-order valence-corrected chi connectivity index (χ4v) is 10.8. The van der Waals surface area contributed by atoms with Gasteiger partial charge in [0.2, 0.25) is 0 Å². The summed E-state index contributed by atoms with van der Waals surface area (Å²) in [4.78, 5) is 0. The highest BCUT2D eigenvalue weighted by Crippen LogP contribution is 2.39. The van der Waals surface area contributed by atoms with E-state index in [0.717, 1.165) is 0 Å². The van der Waals surface area contributed by atoms with Gasteiger partial charge in [0.1, 0.15) is 171 Å². The van der Waals surface area contributed by atoms with Crippen molar-refractivity contribution in [3.05, 3.63) is 0 Å². The summed E-state index contributed by atoms with van der Waals surface area (Å²) in [5.41, 5.74) is 0. The Labute approximate surface area is 458 Å². The van der Waals surface area contributed by atoms with Crippen LogP contribution in [0.4, 0.5) is 0 Å². The maximum atomic E-state index is 11.9. The normalized spacial score (nSPS) is 53.6. The van der Waals surface area contributed by atoms with Crippen molar-refractivity contribution in [1.82, 2.24) is 0 Å². The molecule has 0 amide bonds. The second-order valence-corrected chi connectivity index (χ2v) is 20.8. The summed E-state index contributed by atoms with van der Waals surface area (Å²) in [5.74, 6) is 0. The van der Waals surface area contributed by atoms with Gasteiger partial charge in [-0.05, 0) is 6.92 Å². The van der Waals surface area contributed by atoms with Gasteiger partial charge in [-0.15, -0.1) is 0 Å². The van der Waals surface area contributed by atoms with E-state index < -0.39 is 274 Å². The number of ether oxygens (including phenoxy) is 15. The lowest BCUT2D eigenvalue weighted by molar-refractivity contribution is -0.398. The Morgan fingerprint density at radius 1 is 0.259 bits per heavy atom. The first kappa shape index (κ1) is 65.5. The van der Waals surface area contributed by atoms with E-state index in [-0.39, 0.29) is 0 Å². The number of aliphatic hydroxyl groups excluding tert-OH is 21. The van der Waals surface area contributed by atoms with Crippen LogP contribution in [-0.2, 0) is 71.1 Å². The SMILES string of the molecule is CC(O)COC1C2OC(CO)C(OC3OC(CO)C(OC4OC(CO)C(OC5OC(CO)C(OC6OC(CO)C(OC7OC(CO)C(OC8OC(CO)C(O2)C(O)C8O)C(O)C7O)C(O)C6O)C(O)C5O)C(O)C4O)C(O)C3O)C1O. The molecule has 14 bridgehead atoms. The summed E-state index contributed by atoms with van der Waals surface area (Å²) in [7, 11) is 0. The third kappa shape index (κ3) is 13.4. The summed E-state index contributed by atoms with van der Waals surface area (Å²) in [5, 5.41) is 232. The summed E-state index contributed by atoms with van der Waals surface area (Å²) >= 11 is 0. The van der Waals surface area contributed by atoms with Crippen molar-refractivity contribution >= 4 is 0 Å². The van der Waals surface area contributed by atoms with Crippen molar-refractivity contribution in [2.75, 3.05) is 52.9 Å². The number of aliphatic hydroxyl groups is 21. The summed E-state index contributed by atoms with van der Waals surface area (Å²) in [6, 6.07) is 0. The minimum atomic E-state index is -2.21. The van der Waals surface area contributed by atoms with Gasteiger partial charge >= 0.3 is 0 Å². The fraction of sp³-hybridized carbons (Fsp3) is 1.00. The minimum Gasteiger partial charge on any atom is -0.394 e. The number of hydrogen-bond acceptors (Lipinski definition) is 36. The van der Waals surface area contributed by atoms with Crippen LogP contribution in [0.15, 0.2) is 0 Å². The highest BCUT2D eigenvalue weighted by atomic mass is 16.8. The Bertz CT molecular complexity index is 1910. The van der Waals surface area contributed by atoms with Crippen LogP contribution in [0.25, 0.3) is 0 Å². The predicted molar refractivity (Wildman–Crippen MR) is 244 cm³/mol. The Morgan fingerprint density at radius 2 is 0.432 bits per heavy atom. The molecule has 36 nitrogen and oxygen atoms in total. The van der Waals surface area contributed by atoms with Gasteiger partial charge in [0.25, 0.3) is 0 Å². The van der Waals surface area contributed by atoms with Crippen LogP contribution < -0.4 is 0 Å². The van der Waals surface area contributed by atoms with Crippen LogP contribution in [-0.4, -0.2) is 381 Å². The van der Waals surface area contributed by atoms with Crippen LogP contribution in [0, 0.1) is 0 Å². The van der Waals surface area contributed by atoms with Gasteiger partial charge in [-0.3, -0.25) is 0 Å². The van der Waals surface area contributed by atoms with Crippen molar-refractivity contribution in [2.24, 2.45) is 0 Å². The van der Waals surface area contributed by atoms with Gasteiger partial charge in [0, 0.05) is 0 Å². The molecule has 21 aliphatic rings. The lowest BCUT2D eigenvalue weighted by Gasteiger charge is -2.50. The number of rotatable bonds is 10. The molecule has 36 unspecified atom stereocenters. The molecule has 472 valence electrons. The second-order valence-electron chi connectivity index (χ2n) is 20.8. The average molecular weight is 1190 g/mol. The van der Waals surface area contributed by atoms with Gasteiger partial charge in [0.15, 0.2) is 44.0 Å². The molecule has 0 aromatic carbocycles. The molecule has 21 rings (SSSR count). The molecule has 0 spiro atoms. The van der Waals surface area contributed by atoms with Crippen LogP contribution in [0.5, 0.6) is 0 Å². The van der Waals surface area contributed by atoms with E-state index in [1.54, 1.807) is 0 Å². The fourth-order valence-electron chi connectivity index (χ4n) is 10.8. The standard InChI is InChI=1S/C45H76O36/c1-10(53)9-67-38-30(66)37-17(8-52)74-45(38)81-36-16(7-51)73-43(29(65)23(36)59)79-34-14(5-49)71-41(27(63)21(34)57)77-32-12(3-47)69-39(25(61)19(32)55)75-31-11(2-46)68-40(24(60)18(31)54)76-33-13(4-48)70-42(26(62)20(33)56)78-35-15(6-50)72-44(80-37)28(64)22(35)58/h10-66H,2-9H2,1H3. The third-order valence-electron chi connectivity index (χ3n) is 15.3. The molecule has 21 N–H and O–H groups in total. The third-order valence-corrected chi connectivity index (χ3v) is 15.3. The topological polar surface area (TPSA) is 563 Å². The lowest BCUT2D eigenvalue weighted by Crippen LogP contribution is -2.68. The first-order chi connectivity index (χ1) is 38.5. The Kier molecular flexibility index (Phi) is 22.8. The average Bonchev–Trinajstić information content (AvgIpc) is 3.55. The largest absolute Gasteiger partial charge is 0.394 e. The molecule has 0 radical (unpaired) electrons. The van der Waals surface area contributed by atoms with E-state index in [2.05, 4.69) is 0 Å². The lowest BCUT2D eigenvalue weighted by atomic mass is 9.95. The van der Waals surface area contributed by atoms with Crippen LogP contribution in [0.1, 0.15) is 6.92 Å². The molecule has 81 heavy (non-hydrogen) atoms. The minimum absolute atomic E-state index is 0.568. The molecule has 36 heteroatoms. The Balaban J connectivity index is 1.10. The van der Waals surface area contributed by atoms with E-state index in [1.165, 1.54) is 6.92 Å². The van der Waals surface area contributed by atoms with Crippen molar-refractivity contribution in [1.29, 1.82) is 0 Å². The Morgan fingerprint density at radius 3 is 0.617 bits per heavy atom. The number of hydrogen-bond donors (Lipinski definition) is 21. The molecule has 0 aliphatic carbocycles. The van der Waals surface area contributed by atoms with Crippen molar-refractivity contribution < 1.29 is 178 Å². The first-order valence-electron chi connectivity index (χ1n) is 26.1. The summed E-state index contributed by atoms with van der Waals surface area (Å²) in [6.45, 7) is -6.61. The van der Waals surface area contributed by atoms with Crippen LogP contribution >= 0.6 is 0 Å². The van der Waals surface area contributed by atoms with E-state index in [4.69, 9.17) is 71.1 Å². The first-order valence-corrected chi connectivity index (χ1v) is 26.1. The molecule has 0 aromatic rings. The molecular weight excluding hydrogens is 1120 g/mol. The highest BCUT2D eigenvalue weighted by molar-refractivity contribution is 5.02. The molecule has 21 saturated heterocycles. The second kappa shape index (κ2) is 28.2.